The number of hydrogen-bond acceptors (Lipinski definition) is 6. The molecule has 2 aromatic heterocycles. The Morgan fingerprint density at radius 3 is 2.43 bits per heavy atom. The number of carbonyl (C=O) groups excluding carboxylic acids is 2. The van der Waals surface area contributed by atoms with Gasteiger partial charge >= 0.3 is 11.0 Å². The van der Waals surface area contributed by atoms with Crippen LogP contribution in [0.2, 0.25) is 0 Å². The van der Waals surface area contributed by atoms with Crippen LogP contribution in [0.5, 0.6) is 0 Å². The average molecular weight is 420 g/mol. The lowest BCUT2D eigenvalue weighted by Gasteiger charge is -2.08. The highest BCUT2D eigenvalue weighted by atomic mass is 32.1. The summed E-state index contributed by atoms with van der Waals surface area (Å²) < 4.78 is 7.12. The van der Waals surface area contributed by atoms with Crippen molar-refractivity contribution in [3.8, 4) is 11.3 Å². The molecule has 2 heterocycles. The van der Waals surface area contributed by atoms with E-state index >= 15 is 0 Å². The summed E-state index contributed by atoms with van der Waals surface area (Å²) in [4.78, 5) is 35.7. The van der Waals surface area contributed by atoms with Crippen LogP contribution in [0.4, 0.5) is 5.00 Å². The van der Waals surface area contributed by atoms with Gasteiger partial charge in [0.15, 0.2) is 6.61 Å². The second kappa shape index (κ2) is 7.92. The van der Waals surface area contributed by atoms with E-state index in [4.69, 9.17) is 4.74 Å². The molecule has 0 spiro atoms. The molecule has 0 aliphatic rings. The Hall–Kier alpha value is -3.78. The monoisotopic (exact) mass is 420 g/mol. The third kappa shape index (κ3) is 3.48. The quantitative estimate of drug-likeness (QED) is 0.192. The van der Waals surface area contributed by atoms with Gasteiger partial charge in [0, 0.05) is 24.0 Å². The molecule has 4 rings (SSSR count). The molecule has 0 amide bonds. The van der Waals surface area contributed by atoms with Crippen molar-refractivity contribution in [2.24, 2.45) is 7.05 Å². The molecule has 0 aliphatic carbocycles. The summed E-state index contributed by atoms with van der Waals surface area (Å²) in [5.74, 6) is -1.10. The molecule has 0 aliphatic heterocycles. The number of esters is 1. The zero-order chi connectivity index (χ0) is 21.3. The van der Waals surface area contributed by atoms with E-state index in [1.807, 2.05) is 66.2 Å². The number of aromatic nitrogens is 1. The predicted octanol–water partition coefficient (Wildman–Crippen LogP) is 4.85. The topological polar surface area (TPSA) is 91.4 Å². The van der Waals surface area contributed by atoms with E-state index in [0.29, 0.717) is 16.9 Å². The van der Waals surface area contributed by atoms with Crippen LogP contribution in [0.15, 0.2) is 66.7 Å². The van der Waals surface area contributed by atoms with Crippen molar-refractivity contribution in [3.63, 3.8) is 0 Å². The van der Waals surface area contributed by atoms with Crippen LogP contribution in [-0.4, -0.2) is 27.8 Å². The van der Waals surface area contributed by atoms with Gasteiger partial charge in [-0.25, -0.2) is 4.79 Å². The number of nitrogens with zero attached hydrogens (tertiary/aromatic N) is 2. The second-order valence-electron chi connectivity index (χ2n) is 6.56. The number of rotatable bonds is 6. The highest BCUT2D eigenvalue weighted by Gasteiger charge is 2.24. The van der Waals surface area contributed by atoms with Crippen LogP contribution in [0.25, 0.3) is 22.2 Å². The van der Waals surface area contributed by atoms with Gasteiger partial charge in [-0.15, -0.1) is 0 Å². The molecule has 4 aromatic rings. The number of carbonyl (C=O) groups is 2. The van der Waals surface area contributed by atoms with Crippen molar-refractivity contribution < 1.29 is 19.2 Å². The van der Waals surface area contributed by atoms with E-state index in [-0.39, 0.29) is 15.7 Å². The number of hydrogen-bond donors (Lipinski definition) is 0. The number of ether oxygens (including phenoxy) is 1. The molecular formula is C22H16N2O5S. The van der Waals surface area contributed by atoms with Crippen LogP contribution in [0.3, 0.4) is 0 Å². The fraction of sp³-hybridized carbons (Fsp3) is 0.0909. The van der Waals surface area contributed by atoms with Crippen molar-refractivity contribution in [3.05, 3.63) is 87.3 Å². The van der Waals surface area contributed by atoms with Crippen LogP contribution < -0.4 is 0 Å². The summed E-state index contributed by atoms with van der Waals surface area (Å²) >= 11 is 0.714. The number of aryl methyl sites for hydroxylation is 1. The molecule has 8 heteroatoms. The normalized spacial score (nSPS) is 10.8. The zero-order valence-corrected chi connectivity index (χ0v) is 16.7. The number of nitro groups is 1. The van der Waals surface area contributed by atoms with Gasteiger partial charge in [-0.1, -0.05) is 59.9 Å². The first-order valence-corrected chi connectivity index (χ1v) is 9.86. The van der Waals surface area contributed by atoms with Gasteiger partial charge in [0.05, 0.1) is 16.2 Å². The predicted molar refractivity (Wildman–Crippen MR) is 114 cm³/mol. The Bertz CT molecular complexity index is 1270. The van der Waals surface area contributed by atoms with E-state index in [1.165, 1.54) is 12.1 Å². The number of thiophene rings is 1. The fourth-order valence-corrected chi connectivity index (χ4v) is 4.13. The lowest BCUT2D eigenvalue weighted by Crippen LogP contribution is -2.14. The third-order valence-corrected chi connectivity index (χ3v) is 5.76. The summed E-state index contributed by atoms with van der Waals surface area (Å²) in [5.41, 5.74) is 2.98. The van der Waals surface area contributed by atoms with Crippen molar-refractivity contribution in [1.82, 2.24) is 4.57 Å². The van der Waals surface area contributed by atoms with E-state index in [0.717, 1.165) is 22.2 Å². The van der Waals surface area contributed by atoms with Crippen LogP contribution in [0.1, 0.15) is 20.0 Å². The molecule has 30 heavy (non-hydrogen) atoms. The van der Waals surface area contributed by atoms with E-state index in [1.54, 1.807) is 0 Å². The number of benzene rings is 2. The Morgan fingerprint density at radius 1 is 1.03 bits per heavy atom. The van der Waals surface area contributed by atoms with Gasteiger partial charge in [0.1, 0.15) is 4.88 Å². The third-order valence-electron chi connectivity index (χ3n) is 4.74. The maximum absolute atomic E-state index is 13.1. The molecular weight excluding hydrogens is 404 g/mol. The van der Waals surface area contributed by atoms with E-state index in [9.17, 15) is 19.7 Å². The molecule has 0 saturated heterocycles. The molecule has 150 valence electrons. The fourth-order valence-electron chi connectivity index (χ4n) is 3.42. The first-order valence-electron chi connectivity index (χ1n) is 9.04. The van der Waals surface area contributed by atoms with E-state index in [2.05, 4.69) is 0 Å². The smallest absolute Gasteiger partial charge is 0.349 e. The maximum Gasteiger partial charge on any atom is 0.349 e. The Morgan fingerprint density at radius 2 is 1.73 bits per heavy atom. The highest BCUT2D eigenvalue weighted by molar-refractivity contribution is 7.17. The van der Waals surface area contributed by atoms with Gasteiger partial charge in [0.2, 0.25) is 5.78 Å². The molecule has 7 nitrogen and oxygen atoms in total. The number of Topliss-reactive ketones (excluding diaryl/α,β-unsaturated/α-hetero) is 1. The largest absolute Gasteiger partial charge is 0.453 e. The average Bonchev–Trinajstić information content (AvgIpc) is 3.36. The Labute approximate surface area is 175 Å². The summed E-state index contributed by atoms with van der Waals surface area (Å²) in [6.07, 6.45) is 0. The van der Waals surface area contributed by atoms with Crippen LogP contribution >= 0.6 is 11.3 Å². The summed E-state index contributed by atoms with van der Waals surface area (Å²) in [6, 6.07) is 19.6. The van der Waals surface area contributed by atoms with Crippen molar-refractivity contribution in [1.29, 1.82) is 0 Å². The van der Waals surface area contributed by atoms with Gasteiger partial charge in [0.25, 0.3) is 0 Å². The van der Waals surface area contributed by atoms with Crippen molar-refractivity contribution in [2.75, 3.05) is 6.61 Å². The molecule has 0 bridgehead atoms. The van der Waals surface area contributed by atoms with Crippen LogP contribution in [0, 0.1) is 10.1 Å². The minimum atomic E-state index is -0.761. The first kappa shape index (κ1) is 19.5. The van der Waals surface area contributed by atoms with Crippen LogP contribution in [-0.2, 0) is 11.8 Å². The molecule has 0 radical (unpaired) electrons. The summed E-state index contributed by atoms with van der Waals surface area (Å²) in [5, 5.41) is 11.4. The van der Waals surface area contributed by atoms with Gasteiger partial charge in [-0.05, 0) is 17.7 Å². The zero-order valence-electron chi connectivity index (χ0n) is 15.9. The minimum Gasteiger partial charge on any atom is -0.453 e. The molecule has 0 fully saturated rings. The minimum absolute atomic E-state index is 0.0794. The first-order chi connectivity index (χ1) is 14.5. The van der Waals surface area contributed by atoms with Gasteiger partial charge in [-0.2, -0.15) is 0 Å². The summed E-state index contributed by atoms with van der Waals surface area (Å²) in [7, 11) is 1.89. The standard InChI is InChI=1S/C22H16N2O5S/c1-23-16-10-6-5-9-15(16)20(21(23)14-7-3-2-4-8-14)17(25)13-29-22(26)18-11-12-19(30-18)24(27)28/h2-12H,13H2,1H3. The number of para-hydroxylation sites is 1. The van der Waals surface area contributed by atoms with E-state index < -0.39 is 17.5 Å². The van der Waals surface area contributed by atoms with Gasteiger partial charge < -0.3 is 9.30 Å². The molecule has 0 saturated carbocycles. The van der Waals surface area contributed by atoms with Gasteiger partial charge in [-0.3, -0.25) is 14.9 Å². The SMILES string of the molecule is Cn1c(-c2ccccc2)c(C(=O)COC(=O)c2ccc([N+](=O)[O-])s2)c2ccccc21. The molecule has 2 aromatic carbocycles. The number of fused-ring (bicyclic) bond motifs is 1. The summed E-state index contributed by atoms with van der Waals surface area (Å²) in [6.45, 7) is -0.460. The molecule has 0 unspecified atom stereocenters. The Kier molecular flexibility index (Phi) is 5.16. The maximum atomic E-state index is 13.1. The Balaban J connectivity index is 1.66. The highest BCUT2D eigenvalue weighted by Crippen LogP contribution is 2.33. The van der Waals surface area contributed by atoms with Crippen molar-refractivity contribution >= 4 is 39.0 Å². The number of ketones is 1. The molecule has 0 atom stereocenters. The lowest BCUT2D eigenvalue weighted by atomic mass is 10.0. The molecule has 0 N–H and O–H groups in total. The lowest BCUT2D eigenvalue weighted by molar-refractivity contribution is -0.380. The second-order valence-corrected chi connectivity index (χ2v) is 7.62. The van der Waals surface area contributed by atoms with Crippen molar-refractivity contribution in [2.45, 2.75) is 0 Å².